The lowest BCUT2D eigenvalue weighted by Crippen LogP contribution is -2.16. The number of aliphatic carboxylic acids is 1. The molecule has 4 aromatic rings. The normalized spacial score (nSPS) is 17.9. The number of carbonyl (C=O) groups is 1. The Hall–Kier alpha value is -3.04. The molecule has 33 heavy (non-hydrogen) atoms. The van der Waals surface area contributed by atoms with Crippen molar-refractivity contribution in [1.29, 1.82) is 0 Å². The molecule has 0 saturated carbocycles. The number of thioether (sulfide) groups is 1. The fourth-order valence-corrected chi connectivity index (χ4v) is 5.89. The number of fused-ring (bicyclic) bond motifs is 4. The van der Waals surface area contributed by atoms with Crippen molar-refractivity contribution in [2.45, 2.75) is 23.1 Å². The molecule has 0 bridgehead atoms. The predicted octanol–water partition coefficient (Wildman–Crippen LogP) is 6.44. The van der Waals surface area contributed by atoms with Gasteiger partial charge in [0.25, 0.3) is 0 Å². The predicted molar refractivity (Wildman–Crippen MR) is 120 cm³/mol. The highest BCUT2D eigenvalue weighted by molar-refractivity contribution is 8.00. The van der Waals surface area contributed by atoms with E-state index in [-0.39, 0.29) is 11.5 Å². The van der Waals surface area contributed by atoms with Gasteiger partial charge in [-0.15, -0.1) is 22.0 Å². The second kappa shape index (κ2) is 8.07. The molecular formula is C23H15ClF3N3O2S. The van der Waals surface area contributed by atoms with Gasteiger partial charge in [-0.25, -0.2) is 0 Å². The summed E-state index contributed by atoms with van der Waals surface area (Å²) < 4.78 is 42.5. The second-order valence-corrected chi connectivity index (χ2v) is 9.34. The van der Waals surface area contributed by atoms with Gasteiger partial charge in [0.05, 0.1) is 22.6 Å². The smallest absolute Gasteiger partial charge is 0.452 e. The van der Waals surface area contributed by atoms with Crippen molar-refractivity contribution < 1.29 is 23.1 Å². The minimum Gasteiger partial charge on any atom is -0.481 e. The maximum absolute atomic E-state index is 13.9. The Morgan fingerprint density at radius 3 is 2.58 bits per heavy atom. The van der Waals surface area contributed by atoms with Crippen molar-refractivity contribution in [3.8, 4) is 5.69 Å². The minimum absolute atomic E-state index is 0.0546. The van der Waals surface area contributed by atoms with Crippen molar-refractivity contribution in [3.05, 3.63) is 88.5 Å². The molecule has 2 atom stereocenters. The maximum Gasteiger partial charge on any atom is 0.452 e. The van der Waals surface area contributed by atoms with Crippen molar-refractivity contribution in [1.82, 2.24) is 14.8 Å². The van der Waals surface area contributed by atoms with Crippen molar-refractivity contribution in [2.24, 2.45) is 0 Å². The monoisotopic (exact) mass is 489 g/mol. The van der Waals surface area contributed by atoms with Crippen LogP contribution in [0.4, 0.5) is 13.2 Å². The SMILES string of the molecule is O=C(O)C[C@H]1S[C@H](c2cccc3ccccc23)c2cc(Cl)ccc2-n2c1nnc2C(F)(F)F. The van der Waals surface area contributed by atoms with Crippen molar-refractivity contribution in [2.75, 3.05) is 0 Å². The minimum atomic E-state index is -4.78. The van der Waals surface area contributed by atoms with Crippen LogP contribution in [0.15, 0.2) is 60.7 Å². The van der Waals surface area contributed by atoms with E-state index in [4.69, 9.17) is 11.6 Å². The van der Waals surface area contributed by atoms with E-state index < -0.39 is 34.9 Å². The van der Waals surface area contributed by atoms with E-state index in [1.54, 1.807) is 6.07 Å². The Morgan fingerprint density at radius 1 is 1.06 bits per heavy atom. The summed E-state index contributed by atoms with van der Waals surface area (Å²) in [6.45, 7) is 0. The molecule has 0 spiro atoms. The van der Waals surface area contributed by atoms with E-state index in [1.165, 1.54) is 23.9 Å². The molecule has 0 amide bonds. The lowest BCUT2D eigenvalue weighted by atomic mass is 9.97. The zero-order valence-electron chi connectivity index (χ0n) is 16.8. The highest BCUT2D eigenvalue weighted by atomic mass is 35.5. The summed E-state index contributed by atoms with van der Waals surface area (Å²) >= 11 is 7.52. The Kier molecular flexibility index (Phi) is 5.33. The van der Waals surface area contributed by atoms with Gasteiger partial charge in [-0.05, 0) is 40.1 Å². The first kappa shape index (κ1) is 21.8. The zero-order valence-corrected chi connectivity index (χ0v) is 18.3. The summed E-state index contributed by atoms with van der Waals surface area (Å²) in [6, 6.07) is 18.0. The van der Waals surface area contributed by atoms with Gasteiger partial charge < -0.3 is 5.11 Å². The van der Waals surface area contributed by atoms with Crippen LogP contribution < -0.4 is 0 Å². The van der Waals surface area contributed by atoms with Gasteiger partial charge in [-0.3, -0.25) is 9.36 Å². The number of carboxylic acids is 1. The summed E-state index contributed by atoms with van der Waals surface area (Å²) in [5.41, 5.74) is 1.61. The number of carboxylic acid groups (broad SMARTS) is 1. The average Bonchev–Trinajstić information content (AvgIpc) is 3.17. The lowest BCUT2D eigenvalue weighted by Gasteiger charge is -2.22. The molecule has 1 aliphatic rings. The second-order valence-electron chi connectivity index (χ2n) is 7.59. The van der Waals surface area contributed by atoms with Gasteiger partial charge in [0.2, 0.25) is 5.82 Å². The molecule has 0 aliphatic carbocycles. The molecule has 1 aliphatic heterocycles. The number of nitrogens with zero attached hydrogens (tertiary/aromatic N) is 3. The molecular weight excluding hydrogens is 475 g/mol. The first-order valence-electron chi connectivity index (χ1n) is 9.91. The Bertz CT molecular complexity index is 1380. The average molecular weight is 490 g/mol. The topological polar surface area (TPSA) is 68.0 Å². The van der Waals surface area contributed by atoms with Crippen LogP contribution in [0.2, 0.25) is 5.02 Å². The third-order valence-electron chi connectivity index (χ3n) is 5.51. The van der Waals surface area contributed by atoms with E-state index >= 15 is 0 Å². The molecule has 5 rings (SSSR count). The van der Waals surface area contributed by atoms with Crippen LogP contribution in [-0.2, 0) is 11.0 Å². The van der Waals surface area contributed by atoms with E-state index in [9.17, 15) is 23.1 Å². The number of hydrogen-bond acceptors (Lipinski definition) is 4. The highest BCUT2D eigenvalue weighted by Gasteiger charge is 2.43. The number of benzene rings is 3. The van der Waals surface area contributed by atoms with Crippen molar-refractivity contribution in [3.63, 3.8) is 0 Å². The van der Waals surface area contributed by atoms with Crippen LogP contribution in [-0.4, -0.2) is 25.8 Å². The van der Waals surface area contributed by atoms with Crippen LogP contribution in [0, 0.1) is 0 Å². The van der Waals surface area contributed by atoms with E-state index in [0.717, 1.165) is 20.9 Å². The number of halogens is 4. The summed E-state index contributed by atoms with van der Waals surface area (Å²) in [4.78, 5) is 11.7. The molecule has 10 heteroatoms. The fourth-order valence-electron chi connectivity index (χ4n) is 4.18. The summed E-state index contributed by atoms with van der Waals surface area (Å²) in [5, 5.41) is 17.6. The molecule has 0 saturated heterocycles. The molecule has 0 fully saturated rings. The number of hydrogen-bond donors (Lipinski definition) is 1. The summed E-state index contributed by atoms with van der Waals surface area (Å²) in [6.07, 6.45) is -5.19. The first-order valence-corrected chi connectivity index (χ1v) is 11.2. The van der Waals surface area contributed by atoms with Gasteiger partial charge in [0.1, 0.15) is 0 Å². The van der Waals surface area contributed by atoms with Crippen LogP contribution in [0.25, 0.3) is 16.5 Å². The fraction of sp³-hybridized carbons (Fsp3) is 0.174. The lowest BCUT2D eigenvalue weighted by molar-refractivity contribution is -0.146. The molecule has 3 aromatic carbocycles. The van der Waals surface area contributed by atoms with Crippen LogP contribution in [0.3, 0.4) is 0 Å². The third-order valence-corrected chi connectivity index (χ3v) is 7.23. The van der Waals surface area contributed by atoms with E-state index in [0.29, 0.717) is 10.6 Å². The summed E-state index contributed by atoms with van der Waals surface area (Å²) in [7, 11) is 0. The summed E-state index contributed by atoms with van der Waals surface area (Å²) in [5.74, 6) is -2.40. The molecule has 168 valence electrons. The van der Waals surface area contributed by atoms with Gasteiger partial charge in [-0.2, -0.15) is 13.2 Å². The Labute approximate surface area is 195 Å². The number of aromatic nitrogens is 3. The number of alkyl halides is 3. The largest absolute Gasteiger partial charge is 0.481 e. The van der Waals surface area contributed by atoms with Crippen LogP contribution >= 0.6 is 23.4 Å². The Balaban J connectivity index is 1.82. The first-order chi connectivity index (χ1) is 15.7. The van der Waals surface area contributed by atoms with E-state index in [2.05, 4.69) is 10.2 Å². The van der Waals surface area contributed by atoms with Gasteiger partial charge in [0.15, 0.2) is 5.82 Å². The third kappa shape index (κ3) is 3.85. The highest BCUT2D eigenvalue weighted by Crippen LogP contribution is 2.52. The number of rotatable bonds is 3. The van der Waals surface area contributed by atoms with Gasteiger partial charge >= 0.3 is 12.1 Å². The molecule has 2 heterocycles. The standard InChI is InChI=1S/C23H15ClF3N3O2S/c24-13-8-9-17-16(10-13)20(15-7-3-5-12-4-1-2-6-14(12)15)33-18(11-19(31)32)21-28-29-22(30(17)21)23(25,26)27/h1-10,18,20H,11H2,(H,31,32)/t18-,20-/m1/s1. The van der Waals surface area contributed by atoms with Crippen molar-refractivity contribution >= 4 is 40.1 Å². The quantitative estimate of drug-likeness (QED) is 0.358. The molecule has 0 unspecified atom stereocenters. The molecule has 5 nitrogen and oxygen atoms in total. The maximum atomic E-state index is 13.9. The van der Waals surface area contributed by atoms with Crippen LogP contribution in [0.1, 0.15) is 39.7 Å². The van der Waals surface area contributed by atoms with Gasteiger partial charge in [0, 0.05) is 5.02 Å². The van der Waals surface area contributed by atoms with E-state index in [1.807, 2.05) is 42.5 Å². The Morgan fingerprint density at radius 2 is 1.82 bits per heavy atom. The van der Waals surface area contributed by atoms with Crippen LogP contribution in [0.5, 0.6) is 0 Å². The molecule has 1 N–H and O–H groups in total. The molecule has 0 radical (unpaired) electrons. The van der Waals surface area contributed by atoms with Gasteiger partial charge in [-0.1, -0.05) is 54.1 Å². The molecule has 1 aromatic heterocycles. The zero-order chi connectivity index (χ0) is 23.3.